The number of alkyl halides is 3. The van der Waals surface area contributed by atoms with Crippen molar-refractivity contribution in [1.29, 1.82) is 0 Å². The zero-order valence-electron chi connectivity index (χ0n) is 13.2. The molecule has 1 aliphatic rings. The van der Waals surface area contributed by atoms with Gasteiger partial charge in [-0.25, -0.2) is 0 Å². The second kappa shape index (κ2) is 6.45. The predicted molar refractivity (Wildman–Crippen MR) is 76.0 cm³/mol. The first-order valence-corrected chi connectivity index (χ1v) is 7.12. The minimum atomic E-state index is -4.68. The van der Waals surface area contributed by atoms with Crippen LogP contribution in [0.15, 0.2) is 18.3 Å². The van der Waals surface area contributed by atoms with E-state index >= 15 is 0 Å². The average molecular weight is 332 g/mol. The van der Waals surface area contributed by atoms with Crippen LogP contribution < -0.4 is 0 Å². The lowest BCUT2D eigenvalue weighted by Gasteiger charge is -2.42. The van der Waals surface area contributed by atoms with Crippen molar-refractivity contribution in [2.75, 3.05) is 26.8 Å². The standard InChI is InChI=1S/C15H19F3N2O3/c1-14(2)9-20(7-10(23-14)8-22-3)13(21)11-5-4-6-19-12(11)15(16,17)18/h4-6,10H,7-9H2,1-3H3/t10-/m0/s1. The summed E-state index contributed by atoms with van der Waals surface area (Å²) in [7, 11) is 1.50. The Morgan fingerprint density at radius 3 is 2.83 bits per heavy atom. The first kappa shape index (κ1) is 17.7. The molecule has 0 saturated carbocycles. The van der Waals surface area contributed by atoms with E-state index in [0.29, 0.717) is 0 Å². The van der Waals surface area contributed by atoms with Crippen LogP contribution in [0.5, 0.6) is 0 Å². The highest BCUT2D eigenvalue weighted by Crippen LogP contribution is 2.31. The Morgan fingerprint density at radius 1 is 1.52 bits per heavy atom. The third-order valence-corrected chi connectivity index (χ3v) is 3.43. The van der Waals surface area contributed by atoms with Gasteiger partial charge in [0.05, 0.1) is 23.9 Å². The Bertz CT molecular complexity index is 575. The molecular weight excluding hydrogens is 313 g/mol. The molecular formula is C15H19F3N2O3. The van der Waals surface area contributed by atoms with E-state index in [4.69, 9.17) is 9.47 Å². The third kappa shape index (κ3) is 4.20. The van der Waals surface area contributed by atoms with Crippen molar-refractivity contribution in [3.8, 4) is 0 Å². The average Bonchev–Trinajstić information content (AvgIpc) is 2.44. The van der Waals surface area contributed by atoms with E-state index in [1.165, 1.54) is 18.1 Å². The van der Waals surface area contributed by atoms with Crippen LogP contribution in [0.25, 0.3) is 0 Å². The van der Waals surface area contributed by atoms with Crippen LogP contribution in [0.2, 0.25) is 0 Å². The Labute approximate surface area is 132 Å². The summed E-state index contributed by atoms with van der Waals surface area (Å²) >= 11 is 0. The summed E-state index contributed by atoms with van der Waals surface area (Å²) in [6.07, 6.45) is -4.05. The van der Waals surface area contributed by atoms with E-state index in [-0.39, 0.29) is 19.7 Å². The first-order chi connectivity index (χ1) is 10.6. The Morgan fingerprint density at radius 2 is 2.22 bits per heavy atom. The van der Waals surface area contributed by atoms with E-state index in [1.807, 2.05) is 0 Å². The van der Waals surface area contributed by atoms with Gasteiger partial charge in [0, 0.05) is 26.4 Å². The van der Waals surface area contributed by atoms with Crippen LogP contribution in [0, 0.1) is 0 Å². The molecule has 1 atom stereocenters. The van der Waals surface area contributed by atoms with E-state index in [1.54, 1.807) is 13.8 Å². The summed E-state index contributed by atoms with van der Waals surface area (Å²) < 4.78 is 49.9. The fourth-order valence-electron chi connectivity index (χ4n) is 2.70. The molecule has 1 aromatic rings. The van der Waals surface area contributed by atoms with Gasteiger partial charge in [-0.05, 0) is 26.0 Å². The molecule has 0 aliphatic carbocycles. The van der Waals surface area contributed by atoms with Crippen LogP contribution in [0.3, 0.4) is 0 Å². The number of hydrogen-bond acceptors (Lipinski definition) is 4. The van der Waals surface area contributed by atoms with Gasteiger partial charge in [-0.1, -0.05) is 0 Å². The zero-order chi connectivity index (χ0) is 17.3. The lowest BCUT2D eigenvalue weighted by molar-refractivity contribution is -0.145. The molecule has 128 valence electrons. The van der Waals surface area contributed by atoms with Crippen LogP contribution in [0.1, 0.15) is 29.9 Å². The number of amides is 1. The number of morpholine rings is 1. The summed E-state index contributed by atoms with van der Waals surface area (Å²) in [6.45, 7) is 4.18. The minimum Gasteiger partial charge on any atom is -0.382 e. The monoisotopic (exact) mass is 332 g/mol. The molecule has 5 nitrogen and oxygen atoms in total. The number of ether oxygens (including phenoxy) is 2. The molecule has 1 aliphatic heterocycles. The number of halogens is 3. The summed E-state index contributed by atoms with van der Waals surface area (Å²) in [5.41, 5.74) is -2.29. The van der Waals surface area contributed by atoms with E-state index in [9.17, 15) is 18.0 Å². The van der Waals surface area contributed by atoms with Crippen LogP contribution in [0.4, 0.5) is 13.2 Å². The molecule has 0 unspecified atom stereocenters. The molecule has 0 aromatic carbocycles. The van der Waals surface area contributed by atoms with Gasteiger partial charge >= 0.3 is 6.18 Å². The van der Waals surface area contributed by atoms with Crippen LogP contribution in [-0.4, -0.2) is 54.3 Å². The van der Waals surface area contributed by atoms with Gasteiger partial charge in [0.2, 0.25) is 0 Å². The van der Waals surface area contributed by atoms with Gasteiger partial charge in [0.1, 0.15) is 0 Å². The molecule has 0 spiro atoms. The zero-order valence-corrected chi connectivity index (χ0v) is 13.2. The number of nitrogens with zero attached hydrogens (tertiary/aromatic N) is 2. The van der Waals surface area contributed by atoms with Gasteiger partial charge in [0.25, 0.3) is 5.91 Å². The van der Waals surface area contributed by atoms with Crippen LogP contribution >= 0.6 is 0 Å². The molecule has 0 bridgehead atoms. The summed E-state index contributed by atoms with van der Waals surface area (Å²) in [5.74, 6) is -0.706. The van der Waals surface area contributed by atoms with Gasteiger partial charge < -0.3 is 14.4 Å². The number of methoxy groups -OCH3 is 1. The normalized spacial score (nSPS) is 21.3. The van der Waals surface area contributed by atoms with E-state index < -0.39 is 35.0 Å². The Kier molecular flexibility index (Phi) is 4.95. The quantitative estimate of drug-likeness (QED) is 0.853. The number of hydrogen-bond donors (Lipinski definition) is 0. The fourth-order valence-corrected chi connectivity index (χ4v) is 2.70. The van der Waals surface area contributed by atoms with E-state index in [0.717, 1.165) is 12.3 Å². The molecule has 1 saturated heterocycles. The summed E-state index contributed by atoms with van der Waals surface area (Å²) in [6, 6.07) is 2.46. The molecule has 23 heavy (non-hydrogen) atoms. The number of pyridine rings is 1. The van der Waals surface area contributed by atoms with Crippen molar-refractivity contribution >= 4 is 5.91 Å². The molecule has 0 N–H and O–H groups in total. The highest BCUT2D eigenvalue weighted by atomic mass is 19.4. The van der Waals surface area contributed by atoms with Gasteiger partial charge in [0.15, 0.2) is 5.69 Å². The maximum atomic E-state index is 13.0. The molecule has 1 amide bonds. The van der Waals surface area contributed by atoms with Crippen molar-refractivity contribution < 1.29 is 27.4 Å². The molecule has 2 rings (SSSR count). The summed E-state index contributed by atoms with van der Waals surface area (Å²) in [5, 5.41) is 0. The van der Waals surface area contributed by atoms with Crippen molar-refractivity contribution in [3.63, 3.8) is 0 Å². The number of aromatic nitrogens is 1. The maximum Gasteiger partial charge on any atom is 0.434 e. The van der Waals surface area contributed by atoms with E-state index in [2.05, 4.69) is 4.98 Å². The number of carbonyl (C=O) groups excluding carboxylic acids is 1. The first-order valence-electron chi connectivity index (χ1n) is 7.12. The van der Waals surface area contributed by atoms with Crippen molar-refractivity contribution in [2.45, 2.75) is 31.7 Å². The lowest BCUT2D eigenvalue weighted by Crippen LogP contribution is -2.55. The topological polar surface area (TPSA) is 51.7 Å². The fraction of sp³-hybridized carbons (Fsp3) is 0.600. The highest BCUT2D eigenvalue weighted by molar-refractivity contribution is 5.95. The maximum absolute atomic E-state index is 13.0. The van der Waals surface area contributed by atoms with Crippen molar-refractivity contribution in [2.24, 2.45) is 0 Å². The molecule has 8 heteroatoms. The van der Waals surface area contributed by atoms with Crippen molar-refractivity contribution in [1.82, 2.24) is 9.88 Å². The minimum absolute atomic E-state index is 0.169. The van der Waals surface area contributed by atoms with Gasteiger partial charge in [-0.2, -0.15) is 13.2 Å². The molecule has 2 heterocycles. The Hall–Kier alpha value is -1.67. The molecule has 1 aromatic heterocycles. The van der Waals surface area contributed by atoms with Crippen molar-refractivity contribution in [3.05, 3.63) is 29.6 Å². The predicted octanol–water partition coefficient (Wildman–Crippen LogP) is 2.37. The highest BCUT2D eigenvalue weighted by Gasteiger charge is 2.41. The number of rotatable bonds is 3. The summed E-state index contributed by atoms with van der Waals surface area (Å²) in [4.78, 5) is 17.3. The lowest BCUT2D eigenvalue weighted by atomic mass is 10.0. The Balaban J connectivity index is 2.29. The second-order valence-corrected chi connectivity index (χ2v) is 6.04. The van der Waals surface area contributed by atoms with Gasteiger partial charge in [-0.3, -0.25) is 9.78 Å². The SMILES string of the molecule is COC[C@@H]1CN(C(=O)c2cccnc2C(F)(F)F)CC(C)(C)O1. The van der Waals surface area contributed by atoms with Gasteiger partial charge in [-0.15, -0.1) is 0 Å². The molecule has 0 radical (unpaired) electrons. The second-order valence-electron chi connectivity index (χ2n) is 6.04. The largest absolute Gasteiger partial charge is 0.434 e. The molecule has 1 fully saturated rings. The number of carbonyl (C=O) groups is 1. The third-order valence-electron chi connectivity index (χ3n) is 3.43. The smallest absolute Gasteiger partial charge is 0.382 e. The van der Waals surface area contributed by atoms with Crippen LogP contribution in [-0.2, 0) is 15.7 Å².